The summed E-state index contributed by atoms with van der Waals surface area (Å²) in [7, 11) is 0. The third-order valence-electron chi connectivity index (χ3n) is 6.17. The second-order valence-electron chi connectivity index (χ2n) is 9.41. The predicted octanol–water partition coefficient (Wildman–Crippen LogP) is 6.52. The molecule has 0 heterocycles. The van der Waals surface area contributed by atoms with E-state index in [4.69, 9.17) is 4.74 Å². The minimum atomic E-state index is -0.514. The van der Waals surface area contributed by atoms with E-state index in [0.29, 0.717) is 34.9 Å². The lowest BCUT2D eigenvalue weighted by molar-refractivity contribution is -0.384. The van der Waals surface area contributed by atoms with E-state index in [1.807, 2.05) is 6.92 Å². The molecule has 0 aliphatic rings. The Hall–Kier alpha value is -5.42. The Morgan fingerprint density at radius 1 is 0.864 bits per heavy atom. The number of hydrogen-bond acceptors (Lipinski definition) is 7. The number of non-ortho nitro benzene ring substituents is 1. The van der Waals surface area contributed by atoms with Gasteiger partial charge in [-0.1, -0.05) is 30.3 Å². The van der Waals surface area contributed by atoms with Crippen LogP contribution in [0.3, 0.4) is 0 Å². The maximum atomic E-state index is 13.3. The number of thioether (sulfide) groups is 1. The summed E-state index contributed by atoms with van der Waals surface area (Å²) in [5, 5.41) is 18.6. The van der Waals surface area contributed by atoms with Gasteiger partial charge in [-0.15, -0.1) is 11.8 Å². The summed E-state index contributed by atoms with van der Waals surface area (Å²) < 4.78 is 5.48. The Morgan fingerprint density at radius 2 is 1.48 bits per heavy atom. The van der Waals surface area contributed by atoms with Gasteiger partial charge in [0.25, 0.3) is 17.5 Å². The molecule has 0 aliphatic heterocycles. The SMILES string of the molecule is CCOc1ccc(/C=C(\NC(=O)c2ccccc2)C(=O)Nc2ccc(SC(C)C(=O)Nc3ccc([N+](=O)[O-])cc3)cc2)cc1. The van der Waals surface area contributed by atoms with Crippen molar-refractivity contribution in [1.82, 2.24) is 5.32 Å². The number of ether oxygens (including phenoxy) is 1. The van der Waals surface area contributed by atoms with Crippen molar-refractivity contribution in [3.63, 3.8) is 0 Å². The number of rotatable bonds is 12. The monoisotopic (exact) mass is 610 g/mol. The minimum absolute atomic E-state index is 0.0537. The summed E-state index contributed by atoms with van der Waals surface area (Å²) in [6.07, 6.45) is 1.58. The van der Waals surface area contributed by atoms with E-state index >= 15 is 0 Å². The third kappa shape index (κ3) is 9.04. The molecule has 10 nitrogen and oxygen atoms in total. The second kappa shape index (κ2) is 15.2. The normalized spacial score (nSPS) is 11.6. The smallest absolute Gasteiger partial charge is 0.272 e. The molecule has 0 aliphatic carbocycles. The first-order chi connectivity index (χ1) is 21.2. The van der Waals surface area contributed by atoms with Gasteiger partial charge >= 0.3 is 0 Å². The van der Waals surface area contributed by atoms with Crippen LogP contribution in [0.2, 0.25) is 0 Å². The molecular formula is C33H30N4O6S. The molecular weight excluding hydrogens is 580 g/mol. The van der Waals surface area contributed by atoms with Crippen LogP contribution in [0, 0.1) is 10.1 Å². The lowest BCUT2D eigenvalue weighted by Crippen LogP contribution is -2.30. The Balaban J connectivity index is 1.42. The highest BCUT2D eigenvalue weighted by atomic mass is 32.2. The van der Waals surface area contributed by atoms with Gasteiger partial charge < -0.3 is 20.7 Å². The quantitative estimate of drug-likeness (QED) is 0.0718. The number of nitro groups is 1. The van der Waals surface area contributed by atoms with E-state index in [1.165, 1.54) is 36.0 Å². The van der Waals surface area contributed by atoms with Crippen molar-refractivity contribution in [2.45, 2.75) is 24.0 Å². The van der Waals surface area contributed by atoms with E-state index < -0.39 is 22.0 Å². The standard InChI is InChI=1S/C33H30N4O6S/c1-3-43-28-17-9-23(10-18-28)21-30(36-32(39)24-7-5-4-6-8-24)33(40)35-26-13-19-29(20-14-26)44-22(2)31(38)34-25-11-15-27(16-12-25)37(41)42/h4-22H,3H2,1-2H3,(H,34,38)(H,35,40)(H,36,39)/b30-21-. The zero-order valence-corrected chi connectivity index (χ0v) is 24.8. The number of anilines is 2. The van der Waals surface area contributed by atoms with Crippen LogP contribution < -0.4 is 20.7 Å². The van der Waals surface area contributed by atoms with Crippen molar-refractivity contribution in [2.75, 3.05) is 17.2 Å². The summed E-state index contributed by atoms with van der Waals surface area (Å²) in [5.41, 5.74) is 2.05. The molecule has 0 bridgehead atoms. The number of nitrogens with zero attached hydrogens (tertiary/aromatic N) is 1. The summed E-state index contributed by atoms with van der Waals surface area (Å²) in [6.45, 7) is 4.17. The molecule has 4 rings (SSSR count). The Morgan fingerprint density at radius 3 is 2.09 bits per heavy atom. The van der Waals surface area contributed by atoms with E-state index in [-0.39, 0.29) is 17.3 Å². The van der Waals surface area contributed by atoms with Gasteiger partial charge in [0.05, 0.1) is 16.8 Å². The van der Waals surface area contributed by atoms with Gasteiger partial charge in [-0.3, -0.25) is 24.5 Å². The molecule has 224 valence electrons. The molecule has 0 spiro atoms. The molecule has 0 saturated carbocycles. The first kappa shape index (κ1) is 31.5. The summed E-state index contributed by atoms with van der Waals surface area (Å²) in [4.78, 5) is 50.0. The third-order valence-corrected chi connectivity index (χ3v) is 7.28. The average molecular weight is 611 g/mol. The molecule has 1 unspecified atom stereocenters. The van der Waals surface area contributed by atoms with E-state index in [0.717, 1.165) is 4.90 Å². The molecule has 0 saturated heterocycles. The Kier molecular flexibility index (Phi) is 10.9. The fourth-order valence-electron chi connectivity index (χ4n) is 3.92. The van der Waals surface area contributed by atoms with Gasteiger partial charge in [-0.25, -0.2) is 0 Å². The zero-order valence-electron chi connectivity index (χ0n) is 24.0. The second-order valence-corrected chi connectivity index (χ2v) is 10.8. The average Bonchev–Trinajstić information content (AvgIpc) is 3.03. The van der Waals surface area contributed by atoms with Crippen molar-refractivity contribution in [3.8, 4) is 5.75 Å². The maximum absolute atomic E-state index is 13.3. The molecule has 3 N–H and O–H groups in total. The van der Waals surface area contributed by atoms with Crippen LogP contribution in [-0.2, 0) is 9.59 Å². The molecule has 11 heteroatoms. The molecule has 3 amide bonds. The van der Waals surface area contributed by atoms with Gasteiger partial charge in [-0.2, -0.15) is 0 Å². The minimum Gasteiger partial charge on any atom is -0.494 e. The first-order valence-corrected chi connectivity index (χ1v) is 14.5. The number of nitro benzene ring substituents is 1. The molecule has 44 heavy (non-hydrogen) atoms. The maximum Gasteiger partial charge on any atom is 0.272 e. The van der Waals surface area contributed by atoms with Crippen LogP contribution in [-0.4, -0.2) is 34.5 Å². The Bertz CT molecular complexity index is 1640. The number of hydrogen-bond donors (Lipinski definition) is 3. The molecule has 0 fully saturated rings. The van der Waals surface area contributed by atoms with E-state index in [2.05, 4.69) is 16.0 Å². The first-order valence-electron chi connectivity index (χ1n) is 13.7. The molecule has 0 radical (unpaired) electrons. The van der Waals surface area contributed by atoms with Crippen molar-refractivity contribution in [3.05, 3.63) is 130 Å². The molecule has 4 aromatic rings. The molecule has 4 aromatic carbocycles. The van der Waals surface area contributed by atoms with Crippen molar-refractivity contribution in [1.29, 1.82) is 0 Å². The van der Waals surface area contributed by atoms with Gasteiger partial charge in [0, 0.05) is 34.0 Å². The van der Waals surface area contributed by atoms with Crippen molar-refractivity contribution in [2.24, 2.45) is 0 Å². The summed E-state index contributed by atoms with van der Waals surface area (Å²) >= 11 is 1.31. The van der Waals surface area contributed by atoms with E-state index in [1.54, 1.807) is 91.9 Å². The highest BCUT2D eigenvalue weighted by Crippen LogP contribution is 2.26. The van der Waals surface area contributed by atoms with Crippen LogP contribution in [0.4, 0.5) is 17.1 Å². The number of carbonyl (C=O) groups is 3. The Labute approximate surface area is 258 Å². The predicted molar refractivity (Wildman–Crippen MR) is 172 cm³/mol. The molecule has 1 atom stereocenters. The van der Waals surface area contributed by atoms with Gasteiger partial charge in [0.15, 0.2) is 0 Å². The lowest BCUT2D eigenvalue weighted by atomic mass is 10.1. The number of benzene rings is 4. The number of carbonyl (C=O) groups excluding carboxylic acids is 3. The molecule has 0 aromatic heterocycles. The highest BCUT2D eigenvalue weighted by molar-refractivity contribution is 8.00. The van der Waals surface area contributed by atoms with Crippen LogP contribution in [0.25, 0.3) is 6.08 Å². The summed E-state index contributed by atoms with van der Waals surface area (Å²) in [6, 6.07) is 28.3. The van der Waals surface area contributed by atoms with Gasteiger partial charge in [0.1, 0.15) is 11.4 Å². The fraction of sp³-hybridized carbons (Fsp3) is 0.121. The van der Waals surface area contributed by atoms with Gasteiger partial charge in [0.2, 0.25) is 5.91 Å². The lowest BCUT2D eigenvalue weighted by Gasteiger charge is -2.13. The van der Waals surface area contributed by atoms with E-state index in [9.17, 15) is 24.5 Å². The number of nitrogens with one attached hydrogen (secondary N) is 3. The van der Waals surface area contributed by atoms with Crippen LogP contribution in [0.15, 0.2) is 114 Å². The van der Waals surface area contributed by atoms with Crippen LogP contribution in [0.1, 0.15) is 29.8 Å². The van der Waals surface area contributed by atoms with Gasteiger partial charge in [-0.05, 0) is 86.2 Å². The van der Waals surface area contributed by atoms with Crippen molar-refractivity contribution < 1.29 is 24.0 Å². The summed E-state index contributed by atoms with van der Waals surface area (Å²) in [5.74, 6) is -0.510. The largest absolute Gasteiger partial charge is 0.494 e. The van der Waals surface area contributed by atoms with Crippen LogP contribution >= 0.6 is 11.8 Å². The zero-order chi connectivity index (χ0) is 31.5. The number of amides is 3. The van der Waals surface area contributed by atoms with Crippen LogP contribution in [0.5, 0.6) is 5.75 Å². The van der Waals surface area contributed by atoms with Crippen molar-refractivity contribution >= 4 is 52.6 Å². The topological polar surface area (TPSA) is 140 Å². The fourth-order valence-corrected chi connectivity index (χ4v) is 4.79. The highest BCUT2D eigenvalue weighted by Gasteiger charge is 2.17.